The Labute approximate surface area is 216 Å². The molecule has 0 saturated carbocycles. The second-order valence-electron chi connectivity index (χ2n) is 9.88. The smallest absolute Gasteiger partial charge is 0.255 e. The number of rotatable bonds is 8. The zero-order chi connectivity index (χ0) is 26.5. The molecule has 37 heavy (non-hydrogen) atoms. The van der Waals surface area contributed by atoms with Gasteiger partial charge in [-0.15, -0.1) is 0 Å². The highest BCUT2D eigenvalue weighted by atomic mass is 19.1. The number of aryl methyl sites for hydroxylation is 2. The van der Waals surface area contributed by atoms with Crippen LogP contribution in [0.15, 0.2) is 64.7 Å². The summed E-state index contributed by atoms with van der Waals surface area (Å²) in [6.07, 6.45) is 3.14. The van der Waals surface area contributed by atoms with E-state index in [1.54, 1.807) is 16.8 Å². The maximum atomic E-state index is 14.9. The van der Waals surface area contributed by atoms with Gasteiger partial charge in [-0.1, -0.05) is 23.4 Å². The number of piperidine rings is 1. The Hall–Kier alpha value is -3.36. The Morgan fingerprint density at radius 1 is 1.05 bits per heavy atom. The number of nitrogens with zero attached hydrogens (tertiary/aromatic N) is 4. The van der Waals surface area contributed by atoms with E-state index in [9.17, 15) is 13.6 Å². The van der Waals surface area contributed by atoms with Crippen molar-refractivity contribution in [3.63, 3.8) is 0 Å². The van der Waals surface area contributed by atoms with Crippen molar-refractivity contribution in [3.8, 4) is 5.69 Å². The summed E-state index contributed by atoms with van der Waals surface area (Å²) >= 11 is 0. The van der Waals surface area contributed by atoms with Gasteiger partial charge >= 0.3 is 0 Å². The van der Waals surface area contributed by atoms with Crippen LogP contribution >= 0.6 is 0 Å². The summed E-state index contributed by atoms with van der Waals surface area (Å²) in [6, 6.07) is 12.2. The molecule has 8 heteroatoms. The Morgan fingerprint density at radius 3 is 2.41 bits per heavy atom. The molecule has 1 aliphatic heterocycles. The van der Waals surface area contributed by atoms with Gasteiger partial charge in [0.15, 0.2) is 0 Å². The fourth-order valence-electron chi connectivity index (χ4n) is 4.63. The molecule has 1 aromatic heterocycles. The van der Waals surface area contributed by atoms with Crippen molar-refractivity contribution in [2.45, 2.75) is 32.8 Å². The monoisotopic (exact) mass is 508 g/mol. The number of para-hydroxylation sites is 1. The first-order chi connectivity index (χ1) is 17.7. The largest absolute Gasteiger partial charge is 0.392 e. The molecule has 1 fully saturated rings. The summed E-state index contributed by atoms with van der Waals surface area (Å²) in [5, 5.41) is 4.40. The third-order valence-electron chi connectivity index (χ3n) is 6.74. The molecule has 2 aromatic carbocycles. The van der Waals surface area contributed by atoms with Crippen LogP contribution in [0, 0.1) is 25.5 Å². The molecule has 0 N–H and O–H groups in total. The van der Waals surface area contributed by atoms with Crippen LogP contribution in [0.1, 0.15) is 35.1 Å². The van der Waals surface area contributed by atoms with Crippen molar-refractivity contribution < 1.29 is 13.6 Å². The van der Waals surface area contributed by atoms with E-state index in [4.69, 9.17) is 4.84 Å². The molecule has 1 saturated heterocycles. The van der Waals surface area contributed by atoms with E-state index in [-0.39, 0.29) is 22.9 Å². The van der Waals surface area contributed by atoms with Gasteiger partial charge in [-0.05, 0) is 70.1 Å². The summed E-state index contributed by atoms with van der Waals surface area (Å²) in [5.74, 6) is -1.42. The van der Waals surface area contributed by atoms with Crippen LogP contribution in [0.4, 0.5) is 8.78 Å². The number of likely N-dealkylation sites (N-methyl/N-ethyl adjacent to an activating group) is 1. The highest BCUT2D eigenvalue weighted by molar-refractivity contribution is 6.12. The van der Waals surface area contributed by atoms with Gasteiger partial charge in [0.1, 0.15) is 23.5 Å². The first kappa shape index (κ1) is 26.7. The van der Waals surface area contributed by atoms with E-state index in [2.05, 4.69) is 29.1 Å². The van der Waals surface area contributed by atoms with E-state index in [1.165, 1.54) is 18.2 Å². The highest BCUT2D eigenvalue weighted by Crippen LogP contribution is 2.21. The molecule has 0 aliphatic carbocycles. The van der Waals surface area contributed by atoms with Gasteiger partial charge in [0.05, 0.1) is 5.69 Å². The van der Waals surface area contributed by atoms with Crippen LogP contribution in [-0.4, -0.2) is 66.5 Å². The fourth-order valence-corrected chi connectivity index (χ4v) is 4.63. The molecule has 0 spiro atoms. The van der Waals surface area contributed by atoms with Crippen molar-refractivity contribution in [1.82, 2.24) is 14.4 Å². The van der Waals surface area contributed by atoms with Crippen molar-refractivity contribution in [2.75, 3.05) is 40.3 Å². The van der Waals surface area contributed by atoms with Crippen LogP contribution < -0.4 is 5.56 Å². The van der Waals surface area contributed by atoms with Crippen LogP contribution in [0.5, 0.6) is 0 Å². The van der Waals surface area contributed by atoms with Crippen molar-refractivity contribution in [3.05, 3.63) is 99.0 Å². The number of pyridine rings is 1. The van der Waals surface area contributed by atoms with Crippen molar-refractivity contribution >= 4 is 5.71 Å². The van der Waals surface area contributed by atoms with Gasteiger partial charge in [-0.2, -0.15) is 0 Å². The Bertz CT molecular complexity index is 1310. The molecule has 0 radical (unpaired) electrons. The number of benzene rings is 2. The Kier molecular flexibility index (Phi) is 8.51. The maximum absolute atomic E-state index is 14.9. The average Bonchev–Trinajstić information content (AvgIpc) is 2.86. The second-order valence-corrected chi connectivity index (χ2v) is 9.88. The molecule has 0 unspecified atom stereocenters. The summed E-state index contributed by atoms with van der Waals surface area (Å²) in [7, 11) is 4.12. The lowest BCUT2D eigenvalue weighted by Gasteiger charge is -2.31. The number of halogens is 2. The first-order valence-corrected chi connectivity index (χ1v) is 12.6. The van der Waals surface area contributed by atoms with Gasteiger partial charge in [-0.25, -0.2) is 8.78 Å². The molecule has 0 bridgehead atoms. The normalized spacial score (nSPS) is 15.4. The minimum atomic E-state index is -0.745. The minimum absolute atomic E-state index is 0.108. The quantitative estimate of drug-likeness (QED) is 0.332. The standard InChI is InChI=1S/C29H34F2N4O2/c1-20-6-5-7-21(2)29(20)35-19-22(8-11-27(35)36)28(25-10-9-23(30)18-26(25)31)32-37-24-12-14-34(15-13-24)17-16-33(3)4/h5-11,18-19,24H,12-17H2,1-4H3. The minimum Gasteiger partial charge on any atom is -0.392 e. The van der Waals surface area contributed by atoms with Crippen molar-refractivity contribution in [1.29, 1.82) is 0 Å². The molecule has 1 aliphatic rings. The van der Waals surface area contributed by atoms with E-state index < -0.39 is 11.6 Å². The lowest BCUT2D eigenvalue weighted by atomic mass is 10.0. The SMILES string of the molecule is Cc1cccc(C)c1-n1cc(C(=NOC2CCN(CCN(C)C)CC2)c2ccc(F)cc2F)ccc1=O. The van der Waals surface area contributed by atoms with Crippen LogP contribution in [0.3, 0.4) is 0 Å². The van der Waals surface area contributed by atoms with Gasteiger partial charge in [-0.3, -0.25) is 9.36 Å². The van der Waals surface area contributed by atoms with Crippen LogP contribution in [0.25, 0.3) is 5.69 Å². The average molecular weight is 509 g/mol. The van der Waals surface area contributed by atoms with E-state index in [0.717, 1.165) is 61.9 Å². The third kappa shape index (κ3) is 6.50. The number of oxime groups is 1. The molecule has 3 aromatic rings. The molecule has 196 valence electrons. The third-order valence-corrected chi connectivity index (χ3v) is 6.74. The van der Waals surface area contributed by atoms with Crippen molar-refractivity contribution in [2.24, 2.45) is 5.16 Å². The zero-order valence-corrected chi connectivity index (χ0v) is 21.9. The Morgan fingerprint density at radius 2 is 1.76 bits per heavy atom. The van der Waals surface area contributed by atoms with Gasteiger partial charge in [0, 0.05) is 55.6 Å². The van der Waals surface area contributed by atoms with Crippen LogP contribution in [0.2, 0.25) is 0 Å². The van der Waals surface area contributed by atoms with E-state index in [1.807, 2.05) is 32.0 Å². The van der Waals surface area contributed by atoms with E-state index >= 15 is 0 Å². The zero-order valence-electron chi connectivity index (χ0n) is 21.9. The molecular formula is C29H34F2N4O2. The maximum Gasteiger partial charge on any atom is 0.255 e. The number of likely N-dealkylation sites (tertiary alicyclic amines) is 1. The number of hydrogen-bond donors (Lipinski definition) is 0. The van der Waals surface area contributed by atoms with Gasteiger partial charge < -0.3 is 14.6 Å². The molecule has 0 atom stereocenters. The topological polar surface area (TPSA) is 50.1 Å². The van der Waals surface area contributed by atoms with E-state index in [0.29, 0.717) is 5.56 Å². The molecule has 6 nitrogen and oxygen atoms in total. The summed E-state index contributed by atoms with van der Waals surface area (Å²) in [6.45, 7) is 7.65. The fraction of sp³-hybridized carbons (Fsp3) is 0.379. The predicted octanol–water partition coefficient (Wildman–Crippen LogP) is 4.53. The predicted molar refractivity (Wildman–Crippen MR) is 143 cm³/mol. The lowest BCUT2D eigenvalue weighted by molar-refractivity contribution is 0.0101. The molecule has 0 amide bonds. The molecule has 4 rings (SSSR count). The number of hydrogen-bond acceptors (Lipinski definition) is 5. The van der Waals surface area contributed by atoms with Crippen LogP contribution in [-0.2, 0) is 4.84 Å². The number of aromatic nitrogens is 1. The summed E-state index contributed by atoms with van der Waals surface area (Å²) in [4.78, 5) is 23.3. The lowest BCUT2D eigenvalue weighted by Crippen LogP contribution is -2.40. The molecule has 2 heterocycles. The Balaban J connectivity index is 1.66. The van der Waals surface area contributed by atoms with Gasteiger partial charge in [0.2, 0.25) is 0 Å². The summed E-state index contributed by atoms with van der Waals surface area (Å²) in [5.41, 5.74) is 3.23. The summed E-state index contributed by atoms with van der Waals surface area (Å²) < 4.78 is 30.2. The molecular weight excluding hydrogens is 474 g/mol. The van der Waals surface area contributed by atoms with Gasteiger partial charge in [0.25, 0.3) is 5.56 Å². The highest BCUT2D eigenvalue weighted by Gasteiger charge is 2.22. The second kappa shape index (κ2) is 11.8. The first-order valence-electron chi connectivity index (χ1n) is 12.6.